The van der Waals surface area contributed by atoms with Crippen LogP contribution in [0.4, 0.5) is 8.78 Å². The zero-order chi connectivity index (χ0) is 31.0. The maximum atomic E-state index is 15.1. The van der Waals surface area contributed by atoms with Gasteiger partial charge in [-0.05, 0) is 18.6 Å². The largest absolute Gasteiger partial charge is 0.479 e. The van der Waals surface area contributed by atoms with E-state index in [4.69, 9.17) is 23.4 Å². The number of nitrogens with one attached hydrogen (secondary N) is 1. The lowest BCUT2D eigenvalue weighted by Crippen LogP contribution is -2.67. The van der Waals surface area contributed by atoms with Gasteiger partial charge in [0, 0.05) is 11.5 Å². The minimum atomic E-state index is -3.57. The molecule has 0 saturated carbocycles. The molecule has 2 aliphatic rings. The lowest BCUT2D eigenvalue weighted by atomic mass is 9.96. The lowest BCUT2D eigenvalue weighted by Gasteiger charge is -2.46. The van der Waals surface area contributed by atoms with E-state index in [2.05, 4.69) is 4.28 Å². The fourth-order valence-corrected chi connectivity index (χ4v) is 4.66. The van der Waals surface area contributed by atoms with Gasteiger partial charge in [0.15, 0.2) is 29.5 Å². The van der Waals surface area contributed by atoms with Gasteiger partial charge in [0.05, 0.1) is 6.61 Å². The Morgan fingerprint density at radius 2 is 1.74 bits per heavy atom. The van der Waals surface area contributed by atoms with Crippen molar-refractivity contribution in [1.29, 1.82) is 0 Å². The number of hydrogen-bond acceptors (Lipinski definition) is 16. The van der Waals surface area contributed by atoms with Crippen LogP contribution in [0.25, 0.3) is 11.0 Å². The molecule has 1 aromatic carbocycles. The number of aliphatic hydroxyl groups is 5. The molecule has 0 amide bonds. The van der Waals surface area contributed by atoms with Crippen LogP contribution in [0.2, 0.25) is 0 Å². The van der Waals surface area contributed by atoms with Crippen LogP contribution in [0.5, 0.6) is 5.75 Å². The maximum absolute atomic E-state index is 15.1. The molecule has 3 heterocycles. The van der Waals surface area contributed by atoms with Crippen LogP contribution in [0.1, 0.15) is 5.56 Å². The number of thiol groups is 1. The Morgan fingerprint density at radius 3 is 2.36 bits per heavy atom. The smallest absolute Gasteiger partial charge is 0.336 e. The number of aliphatic carboxylic acids is 1. The summed E-state index contributed by atoms with van der Waals surface area (Å²) < 4.78 is 81.5. The summed E-state index contributed by atoms with van der Waals surface area (Å²) in [5, 5.41) is 60.9. The SMILES string of the molecule is Cc1cc(=O)oc2c(F)c(O[C@@H]3O[C@H](C(=O)O)[C@@H](O[C@H]4O[C@H](CO)[C@@H](O)[C@H](O)[C@H]4NO[SH](=O)=O)[C@H](O)[C@H]3O)c(F)cc12. The van der Waals surface area contributed by atoms with E-state index in [1.807, 2.05) is 5.48 Å². The molecule has 10 atom stereocenters. The second-order valence-electron chi connectivity index (χ2n) is 9.25. The third-order valence-electron chi connectivity index (χ3n) is 6.55. The van der Waals surface area contributed by atoms with Gasteiger partial charge in [-0.2, -0.15) is 14.2 Å². The van der Waals surface area contributed by atoms with Gasteiger partial charge in [0.1, 0.15) is 42.7 Å². The third-order valence-corrected chi connectivity index (χ3v) is 6.80. The van der Waals surface area contributed by atoms with Crippen molar-refractivity contribution in [3.05, 3.63) is 39.8 Å². The lowest BCUT2D eigenvalue weighted by molar-refractivity contribution is -0.336. The summed E-state index contributed by atoms with van der Waals surface area (Å²) in [6.45, 7) is 0.473. The van der Waals surface area contributed by atoms with E-state index in [1.165, 1.54) is 6.92 Å². The third kappa shape index (κ3) is 6.23. The number of benzene rings is 1. The Morgan fingerprint density at radius 1 is 1.05 bits per heavy atom. The van der Waals surface area contributed by atoms with Crippen LogP contribution in [0.3, 0.4) is 0 Å². The Labute approximate surface area is 234 Å². The Kier molecular flexibility index (Phi) is 9.74. The normalized spacial score (nSPS) is 33.6. The van der Waals surface area contributed by atoms with E-state index in [9.17, 15) is 53.0 Å². The number of carboxylic acids is 1. The number of ether oxygens (including phenoxy) is 4. The first kappa shape index (κ1) is 32.0. The fraction of sp³-hybridized carbons (Fsp3) is 0.545. The van der Waals surface area contributed by atoms with Crippen LogP contribution in [-0.4, -0.2) is 113 Å². The molecule has 17 nitrogen and oxygen atoms in total. The summed E-state index contributed by atoms with van der Waals surface area (Å²) in [4.78, 5) is 23.7. The van der Waals surface area contributed by atoms with E-state index in [-0.39, 0.29) is 10.9 Å². The van der Waals surface area contributed by atoms with Gasteiger partial charge in [-0.25, -0.2) is 22.4 Å². The number of aliphatic hydroxyl groups excluding tert-OH is 5. The summed E-state index contributed by atoms with van der Waals surface area (Å²) in [7, 11) is -3.57. The monoisotopic (exact) mass is 629 g/mol. The minimum Gasteiger partial charge on any atom is -0.479 e. The first-order valence-corrected chi connectivity index (χ1v) is 13.0. The Bertz CT molecular complexity index is 1450. The molecule has 20 heteroatoms. The molecule has 42 heavy (non-hydrogen) atoms. The molecular formula is C22H25F2NO16S. The van der Waals surface area contributed by atoms with Gasteiger partial charge >= 0.3 is 11.6 Å². The molecule has 2 saturated heterocycles. The van der Waals surface area contributed by atoms with Gasteiger partial charge < -0.3 is 54.0 Å². The van der Waals surface area contributed by atoms with Crippen LogP contribution in [0.15, 0.2) is 21.3 Å². The second kappa shape index (κ2) is 12.8. The summed E-state index contributed by atoms with van der Waals surface area (Å²) >= 11 is 0. The van der Waals surface area contributed by atoms with Gasteiger partial charge in [0.2, 0.25) is 12.1 Å². The van der Waals surface area contributed by atoms with Crippen LogP contribution >= 0.6 is 0 Å². The van der Waals surface area contributed by atoms with Crippen LogP contribution in [-0.2, 0) is 34.3 Å². The minimum absolute atomic E-state index is 0.131. The molecule has 2 aliphatic heterocycles. The van der Waals surface area contributed by atoms with Gasteiger partial charge in [-0.3, -0.25) is 0 Å². The molecule has 2 fully saturated rings. The number of carbonyl (C=O) groups is 1. The fourth-order valence-electron chi connectivity index (χ4n) is 4.45. The van der Waals surface area contributed by atoms with E-state index >= 15 is 4.39 Å². The molecule has 0 spiro atoms. The molecule has 234 valence electrons. The van der Waals surface area contributed by atoms with Crippen LogP contribution in [0, 0.1) is 18.6 Å². The van der Waals surface area contributed by atoms with E-state index in [0.717, 1.165) is 12.1 Å². The molecule has 0 bridgehead atoms. The van der Waals surface area contributed by atoms with Crippen molar-refractivity contribution < 1.29 is 80.3 Å². The Hall–Kier alpha value is -2.89. The summed E-state index contributed by atoms with van der Waals surface area (Å²) in [6.07, 6.45) is -18.5. The second-order valence-corrected chi connectivity index (χ2v) is 9.88. The number of fused-ring (bicyclic) bond motifs is 1. The number of halogens is 2. The first-order chi connectivity index (χ1) is 19.7. The molecule has 4 rings (SSSR count). The highest BCUT2D eigenvalue weighted by atomic mass is 32.2. The maximum Gasteiger partial charge on any atom is 0.336 e. The highest BCUT2D eigenvalue weighted by Crippen LogP contribution is 2.35. The van der Waals surface area contributed by atoms with Crippen molar-refractivity contribution in [1.82, 2.24) is 5.48 Å². The molecular weight excluding hydrogens is 604 g/mol. The first-order valence-electron chi connectivity index (χ1n) is 11.9. The quantitative estimate of drug-likeness (QED) is 0.0761. The molecule has 7 N–H and O–H groups in total. The molecule has 0 radical (unpaired) electrons. The summed E-state index contributed by atoms with van der Waals surface area (Å²) in [5.41, 5.74) is 0.293. The molecule has 1 aromatic heterocycles. The van der Waals surface area contributed by atoms with Gasteiger partial charge in [-0.1, -0.05) is 0 Å². The number of rotatable bonds is 9. The number of carboxylic acid groups (broad SMARTS) is 1. The number of aryl methyl sites for hydroxylation is 1. The highest BCUT2D eigenvalue weighted by Gasteiger charge is 2.54. The predicted octanol–water partition coefficient (Wildman–Crippen LogP) is -3.47. The van der Waals surface area contributed by atoms with Crippen molar-refractivity contribution >= 4 is 27.9 Å². The Balaban J connectivity index is 1.62. The van der Waals surface area contributed by atoms with E-state index < -0.39 is 114 Å². The molecule has 0 aliphatic carbocycles. The summed E-state index contributed by atoms with van der Waals surface area (Å²) in [5.74, 6) is -6.01. The van der Waals surface area contributed by atoms with Crippen molar-refractivity contribution in [3.63, 3.8) is 0 Å². The standard InChI is InChI=1S/C22H25F2NO16S/c1-5-2-9(27)37-16-6(5)3-7(23)17(10(16)24)38-22-15(31)14(30)18(19(40-22)20(32)33)39-21-11(25-41-42(34)35)13(29)12(28)8(4-26)36-21/h2-3,8,11-15,18-19,21-22,25-26,28-31,42H,4H2,1H3,(H,32,33)/t8-,11-,12-,13-,14-,15-,18+,19+,21-,22-/m1/s1. The average molecular weight is 629 g/mol. The van der Waals surface area contributed by atoms with Crippen molar-refractivity contribution in [2.24, 2.45) is 0 Å². The van der Waals surface area contributed by atoms with Crippen molar-refractivity contribution in [3.8, 4) is 5.75 Å². The van der Waals surface area contributed by atoms with Crippen molar-refractivity contribution in [2.45, 2.75) is 68.3 Å². The van der Waals surface area contributed by atoms with Gasteiger partial charge in [0.25, 0.3) is 11.0 Å². The van der Waals surface area contributed by atoms with Crippen molar-refractivity contribution in [2.75, 3.05) is 6.61 Å². The molecule has 0 unspecified atom stereocenters. The van der Waals surface area contributed by atoms with Crippen LogP contribution < -0.4 is 15.8 Å². The van der Waals surface area contributed by atoms with E-state index in [0.29, 0.717) is 0 Å². The predicted molar refractivity (Wildman–Crippen MR) is 127 cm³/mol. The number of hydrogen-bond donors (Lipinski definition) is 8. The zero-order valence-corrected chi connectivity index (χ0v) is 22.0. The highest BCUT2D eigenvalue weighted by molar-refractivity contribution is 7.67. The average Bonchev–Trinajstić information content (AvgIpc) is 2.92. The topological polar surface area (TPSA) is 261 Å². The number of hydroxylamine groups is 1. The van der Waals surface area contributed by atoms with E-state index in [1.54, 1.807) is 0 Å². The summed E-state index contributed by atoms with van der Waals surface area (Å²) in [6, 6.07) is -0.0574. The molecule has 2 aromatic rings. The zero-order valence-electron chi connectivity index (χ0n) is 21.1. The van der Waals surface area contributed by atoms with Gasteiger partial charge in [-0.15, -0.1) is 0 Å².